The molecule has 1 N–H and O–H groups in total. The van der Waals surface area contributed by atoms with Gasteiger partial charge in [-0.15, -0.1) is 0 Å². The summed E-state index contributed by atoms with van der Waals surface area (Å²) in [7, 11) is 0. The lowest BCUT2D eigenvalue weighted by Crippen LogP contribution is -2.55. The van der Waals surface area contributed by atoms with E-state index in [9.17, 15) is 4.79 Å². The molecular formula is C16H28N4O. The quantitative estimate of drug-likeness (QED) is 0.842. The summed E-state index contributed by atoms with van der Waals surface area (Å²) in [6.07, 6.45) is 6.62. The maximum absolute atomic E-state index is 12.4. The van der Waals surface area contributed by atoms with Crippen molar-refractivity contribution in [3.63, 3.8) is 0 Å². The number of piperazine rings is 1. The highest BCUT2D eigenvalue weighted by Gasteiger charge is 2.35. The van der Waals surface area contributed by atoms with Crippen LogP contribution in [-0.4, -0.2) is 78.6 Å². The maximum atomic E-state index is 12.4. The number of urea groups is 1. The zero-order valence-electron chi connectivity index (χ0n) is 13.0. The van der Waals surface area contributed by atoms with Crippen molar-refractivity contribution in [2.75, 3.05) is 45.8 Å². The van der Waals surface area contributed by atoms with E-state index >= 15 is 0 Å². The van der Waals surface area contributed by atoms with Crippen LogP contribution >= 0.6 is 0 Å². The number of nitrogens with zero attached hydrogens (tertiary/aromatic N) is 3. The molecule has 4 rings (SSSR count). The maximum Gasteiger partial charge on any atom is 0.317 e. The first kappa shape index (κ1) is 13.8. The summed E-state index contributed by atoms with van der Waals surface area (Å²) in [6.45, 7) is 7.45. The van der Waals surface area contributed by atoms with Crippen molar-refractivity contribution in [3.05, 3.63) is 0 Å². The predicted octanol–water partition coefficient (Wildman–Crippen LogP) is 0.960. The molecule has 3 heterocycles. The van der Waals surface area contributed by atoms with Crippen LogP contribution in [0.1, 0.15) is 32.1 Å². The van der Waals surface area contributed by atoms with Gasteiger partial charge >= 0.3 is 6.03 Å². The second-order valence-corrected chi connectivity index (χ2v) is 7.34. The Kier molecular flexibility index (Phi) is 3.79. The Hall–Kier alpha value is -0.810. The third-order valence-electron chi connectivity index (χ3n) is 5.80. The van der Waals surface area contributed by atoms with E-state index in [1.165, 1.54) is 51.7 Å². The summed E-state index contributed by atoms with van der Waals surface area (Å²) in [5.74, 6) is 0.669. The van der Waals surface area contributed by atoms with Crippen LogP contribution in [0.4, 0.5) is 4.79 Å². The average molecular weight is 292 g/mol. The highest BCUT2D eigenvalue weighted by molar-refractivity contribution is 5.74. The van der Waals surface area contributed by atoms with Gasteiger partial charge < -0.3 is 15.1 Å². The molecule has 4 fully saturated rings. The van der Waals surface area contributed by atoms with E-state index in [0.29, 0.717) is 12.0 Å². The second-order valence-electron chi connectivity index (χ2n) is 7.34. The lowest BCUT2D eigenvalue weighted by Gasteiger charge is -2.37. The van der Waals surface area contributed by atoms with Crippen molar-refractivity contribution in [2.45, 2.75) is 44.2 Å². The monoisotopic (exact) mass is 292 g/mol. The van der Waals surface area contributed by atoms with Gasteiger partial charge in [0.05, 0.1) is 0 Å². The van der Waals surface area contributed by atoms with Gasteiger partial charge in [-0.2, -0.15) is 0 Å². The van der Waals surface area contributed by atoms with Crippen LogP contribution in [0.15, 0.2) is 0 Å². The van der Waals surface area contributed by atoms with Crippen molar-refractivity contribution in [1.82, 2.24) is 20.0 Å². The summed E-state index contributed by atoms with van der Waals surface area (Å²) in [6, 6.07) is 1.67. The molecule has 0 bridgehead atoms. The largest absolute Gasteiger partial charge is 0.338 e. The molecule has 1 saturated carbocycles. The minimum atomic E-state index is 0.173. The van der Waals surface area contributed by atoms with Gasteiger partial charge in [-0.1, -0.05) is 0 Å². The first-order valence-corrected chi connectivity index (χ1v) is 8.80. The number of carbonyl (C=O) groups is 1. The Morgan fingerprint density at radius 2 is 1.81 bits per heavy atom. The van der Waals surface area contributed by atoms with Crippen molar-refractivity contribution in [3.8, 4) is 0 Å². The van der Waals surface area contributed by atoms with E-state index in [-0.39, 0.29) is 6.03 Å². The molecule has 5 nitrogen and oxygen atoms in total. The lowest BCUT2D eigenvalue weighted by atomic mass is 10.1. The number of fused-ring (bicyclic) bond motifs is 1. The van der Waals surface area contributed by atoms with E-state index in [2.05, 4.69) is 15.1 Å². The van der Waals surface area contributed by atoms with Crippen LogP contribution in [0.25, 0.3) is 0 Å². The zero-order chi connectivity index (χ0) is 14.2. The Morgan fingerprint density at radius 3 is 2.67 bits per heavy atom. The van der Waals surface area contributed by atoms with E-state index in [4.69, 9.17) is 0 Å². The highest BCUT2D eigenvalue weighted by atomic mass is 16.2. The topological polar surface area (TPSA) is 38.8 Å². The minimum Gasteiger partial charge on any atom is -0.338 e. The molecule has 2 unspecified atom stereocenters. The molecule has 1 aliphatic carbocycles. The molecule has 0 aromatic heterocycles. The van der Waals surface area contributed by atoms with E-state index in [1.807, 2.05) is 4.90 Å². The van der Waals surface area contributed by atoms with E-state index in [0.717, 1.165) is 32.2 Å². The van der Waals surface area contributed by atoms with Crippen LogP contribution in [0.3, 0.4) is 0 Å². The van der Waals surface area contributed by atoms with Crippen molar-refractivity contribution >= 4 is 6.03 Å². The third kappa shape index (κ3) is 3.04. The van der Waals surface area contributed by atoms with Gasteiger partial charge in [0, 0.05) is 44.8 Å². The molecule has 0 radical (unpaired) electrons. The smallest absolute Gasteiger partial charge is 0.317 e. The fourth-order valence-electron chi connectivity index (χ4n) is 4.32. The number of likely N-dealkylation sites (tertiary alicyclic amines) is 1. The predicted molar refractivity (Wildman–Crippen MR) is 82.3 cm³/mol. The summed E-state index contributed by atoms with van der Waals surface area (Å²) in [5, 5.41) is 3.20. The molecule has 3 aliphatic heterocycles. The molecule has 3 saturated heterocycles. The molecule has 0 aromatic carbocycles. The molecule has 2 amide bonds. The van der Waals surface area contributed by atoms with Gasteiger partial charge in [-0.25, -0.2) is 4.79 Å². The minimum absolute atomic E-state index is 0.173. The van der Waals surface area contributed by atoms with Crippen LogP contribution < -0.4 is 5.32 Å². The summed E-state index contributed by atoms with van der Waals surface area (Å²) in [4.78, 5) is 19.6. The van der Waals surface area contributed by atoms with Crippen LogP contribution in [0, 0.1) is 5.92 Å². The lowest BCUT2D eigenvalue weighted by molar-refractivity contribution is 0.117. The zero-order valence-corrected chi connectivity index (χ0v) is 13.0. The van der Waals surface area contributed by atoms with Crippen LogP contribution in [0.2, 0.25) is 0 Å². The molecule has 0 aromatic rings. The Bertz CT molecular complexity index is 398. The van der Waals surface area contributed by atoms with Crippen molar-refractivity contribution < 1.29 is 4.79 Å². The van der Waals surface area contributed by atoms with Crippen molar-refractivity contribution in [2.24, 2.45) is 5.92 Å². The molecule has 21 heavy (non-hydrogen) atoms. The first-order valence-electron chi connectivity index (χ1n) is 8.80. The first-order chi connectivity index (χ1) is 10.3. The number of carbonyl (C=O) groups excluding carboxylic acids is 1. The number of hydrogen-bond acceptors (Lipinski definition) is 3. The number of rotatable bonds is 3. The Labute approximate surface area is 127 Å². The van der Waals surface area contributed by atoms with Gasteiger partial charge in [0.25, 0.3) is 0 Å². The second kappa shape index (κ2) is 5.76. The van der Waals surface area contributed by atoms with Gasteiger partial charge in [-0.3, -0.25) is 4.90 Å². The number of amides is 2. The molecular weight excluding hydrogens is 264 g/mol. The van der Waals surface area contributed by atoms with Gasteiger partial charge in [0.15, 0.2) is 0 Å². The number of nitrogens with one attached hydrogen (secondary N) is 1. The van der Waals surface area contributed by atoms with Crippen LogP contribution in [-0.2, 0) is 0 Å². The molecule has 5 heteroatoms. The van der Waals surface area contributed by atoms with Gasteiger partial charge in [-0.05, 0) is 51.1 Å². The molecule has 2 atom stereocenters. The summed E-state index contributed by atoms with van der Waals surface area (Å²) >= 11 is 0. The molecule has 4 aliphatic rings. The SMILES string of the molecule is O=C(NCC1CCN(C2CC2)C1)N1CCN2CCCC2C1. The fraction of sp³-hybridized carbons (Fsp3) is 0.938. The Balaban J connectivity index is 1.21. The van der Waals surface area contributed by atoms with Gasteiger partial charge in [0.1, 0.15) is 0 Å². The third-order valence-corrected chi connectivity index (χ3v) is 5.80. The van der Waals surface area contributed by atoms with E-state index < -0.39 is 0 Å². The summed E-state index contributed by atoms with van der Waals surface area (Å²) in [5.41, 5.74) is 0. The molecule has 118 valence electrons. The fourth-order valence-corrected chi connectivity index (χ4v) is 4.32. The standard InChI is InChI=1S/C16H28N4O/c21-16(20-9-8-18-6-1-2-15(18)12-20)17-10-13-5-7-19(11-13)14-3-4-14/h13-15H,1-12H2,(H,17,21). The highest BCUT2D eigenvalue weighted by Crippen LogP contribution is 2.31. The van der Waals surface area contributed by atoms with Crippen molar-refractivity contribution in [1.29, 1.82) is 0 Å². The number of hydrogen-bond donors (Lipinski definition) is 1. The van der Waals surface area contributed by atoms with E-state index in [1.54, 1.807) is 0 Å². The normalized spacial score (nSPS) is 34.2. The molecule has 0 spiro atoms. The Morgan fingerprint density at radius 1 is 0.905 bits per heavy atom. The summed E-state index contributed by atoms with van der Waals surface area (Å²) < 4.78 is 0. The van der Waals surface area contributed by atoms with Crippen LogP contribution in [0.5, 0.6) is 0 Å². The van der Waals surface area contributed by atoms with Gasteiger partial charge in [0.2, 0.25) is 0 Å². The average Bonchev–Trinajstić information content (AvgIpc) is 3.07.